The van der Waals surface area contributed by atoms with E-state index >= 15 is 0 Å². The molecular formula is C41H37N5O6S3. The fourth-order valence-electron chi connectivity index (χ4n) is 6.46. The van der Waals surface area contributed by atoms with E-state index in [1.165, 1.54) is 28.0 Å². The number of rotatable bonds is 14. The van der Waals surface area contributed by atoms with Crippen molar-refractivity contribution in [3.05, 3.63) is 159 Å². The van der Waals surface area contributed by atoms with E-state index in [-0.39, 0.29) is 30.3 Å². The van der Waals surface area contributed by atoms with Crippen molar-refractivity contribution in [2.45, 2.75) is 30.5 Å². The van der Waals surface area contributed by atoms with E-state index in [9.17, 15) is 14.4 Å². The van der Waals surface area contributed by atoms with Crippen LogP contribution < -0.4 is 15.4 Å². The number of anilines is 1. The Kier molecular flexibility index (Phi) is 11.6. The molecule has 2 atom stereocenters. The van der Waals surface area contributed by atoms with Crippen LogP contribution in [0, 0.1) is 0 Å². The van der Waals surface area contributed by atoms with Crippen molar-refractivity contribution in [2.75, 3.05) is 24.8 Å². The second kappa shape index (κ2) is 16.8. The normalized spacial score (nSPS) is 16.8. The number of carbonyl (C=O) groups excluding carboxylic acids is 3. The number of carbonyl (C=O) groups is 3. The number of nitrogens with one attached hydrogen (secondary N) is 2. The Morgan fingerprint density at radius 1 is 0.927 bits per heavy atom. The van der Waals surface area contributed by atoms with Crippen LogP contribution in [0.15, 0.2) is 136 Å². The van der Waals surface area contributed by atoms with Crippen LogP contribution in [0.25, 0.3) is 0 Å². The molecule has 1 aromatic heterocycles. The summed E-state index contributed by atoms with van der Waals surface area (Å²) in [6.45, 7) is 1.96. The largest absolute Gasteiger partial charge is 0.497 e. The Morgan fingerprint density at radius 3 is 2.09 bits per heavy atom. The summed E-state index contributed by atoms with van der Waals surface area (Å²) < 4.78 is 10.8. The van der Waals surface area contributed by atoms with Crippen molar-refractivity contribution >= 4 is 64.4 Å². The van der Waals surface area contributed by atoms with Crippen molar-refractivity contribution < 1.29 is 28.7 Å². The van der Waals surface area contributed by atoms with Crippen molar-refractivity contribution in [3.63, 3.8) is 0 Å². The molecule has 2 aliphatic rings. The highest BCUT2D eigenvalue weighted by atomic mass is 32.2. The lowest BCUT2D eigenvalue weighted by molar-refractivity contribution is -0.153. The van der Waals surface area contributed by atoms with Crippen LogP contribution in [0.4, 0.5) is 5.13 Å². The third-order valence-electron chi connectivity index (χ3n) is 9.12. The summed E-state index contributed by atoms with van der Waals surface area (Å²) in [5, 5.41) is 12.4. The van der Waals surface area contributed by atoms with E-state index in [0.29, 0.717) is 21.5 Å². The first kappa shape index (κ1) is 37.7. The highest BCUT2D eigenvalue weighted by Gasteiger charge is 2.54. The highest BCUT2D eigenvalue weighted by Crippen LogP contribution is 2.43. The zero-order valence-electron chi connectivity index (χ0n) is 29.9. The van der Waals surface area contributed by atoms with Crippen molar-refractivity contribution in [2.24, 2.45) is 5.16 Å². The van der Waals surface area contributed by atoms with E-state index in [0.717, 1.165) is 22.3 Å². The molecule has 11 nitrogen and oxygen atoms in total. The van der Waals surface area contributed by atoms with E-state index < -0.39 is 34.7 Å². The summed E-state index contributed by atoms with van der Waals surface area (Å²) in [5.74, 6) is -0.761. The maximum atomic E-state index is 13.9. The monoisotopic (exact) mass is 791 g/mol. The van der Waals surface area contributed by atoms with Crippen molar-refractivity contribution in [1.29, 1.82) is 0 Å². The van der Waals surface area contributed by atoms with Crippen LogP contribution in [0.2, 0.25) is 0 Å². The van der Waals surface area contributed by atoms with Crippen LogP contribution in [0.1, 0.15) is 34.9 Å². The number of methoxy groups -OCH3 is 1. The number of hydrogen-bond acceptors (Lipinski definition) is 12. The molecule has 0 aliphatic carbocycles. The predicted octanol–water partition coefficient (Wildman–Crippen LogP) is 6.58. The van der Waals surface area contributed by atoms with Gasteiger partial charge in [-0.1, -0.05) is 108 Å². The Balaban J connectivity index is 1.11. The van der Waals surface area contributed by atoms with Crippen LogP contribution in [0.3, 0.4) is 0 Å². The number of esters is 1. The first-order valence-electron chi connectivity index (χ1n) is 17.4. The van der Waals surface area contributed by atoms with Crippen LogP contribution >= 0.6 is 35.7 Å². The third kappa shape index (κ3) is 7.70. The minimum absolute atomic E-state index is 0.00169. The van der Waals surface area contributed by atoms with Gasteiger partial charge in [-0.2, -0.15) is 0 Å². The molecule has 0 bridgehead atoms. The molecule has 0 unspecified atom stereocenters. The molecule has 0 spiro atoms. The Bertz CT molecular complexity index is 2120. The number of ether oxygens (including phenoxy) is 2. The minimum Gasteiger partial charge on any atom is -0.497 e. The van der Waals surface area contributed by atoms with Gasteiger partial charge in [0.05, 0.1) is 7.11 Å². The SMILES string of the molecule is CCO/N=C(\C(=O)N[C@@H]1C(=O)N2C(C(=O)OCc3ccc(OC)cc3)=C(S)CS[C@H]12)c1csc(NC(c2ccccc2)(c2ccccc2)c2ccccc2)n1. The van der Waals surface area contributed by atoms with Gasteiger partial charge in [0.1, 0.15) is 47.3 Å². The van der Waals surface area contributed by atoms with Crippen LogP contribution in [-0.4, -0.2) is 64.3 Å². The molecule has 280 valence electrons. The highest BCUT2D eigenvalue weighted by molar-refractivity contribution is 8.01. The van der Waals surface area contributed by atoms with Gasteiger partial charge in [0.15, 0.2) is 10.8 Å². The van der Waals surface area contributed by atoms with Gasteiger partial charge in [0.25, 0.3) is 11.8 Å². The third-order valence-corrected chi connectivity index (χ3v) is 11.7. The van der Waals surface area contributed by atoms with Crippen LogP contribution in [-0.2, 0) is 36.1 Å². The smallest absolute Gasteiger partial charge is 0.356 e. The number of aromatic nitrogens is 1. The van der Waals surface area contributed by atoms with Gasteiger partial charge in [0.2, 0.25) is 0 Å². The van der Waals surface area contributed by atoms with Gasteiger partial charge in [0, 0.05) is 16.0 Å². The molecule has 0 saturated carbocycles. The molecular weight excluding hydrogens is 755 g/mol. The second-order valence-electron chi connectivity index (χ2n) is 12.4. The molecule has 55 heavy (non-hydrogen) atoms. The van der Waals surface area contributed by atoms with Crippen molar-refractivity contribution in [3.8, 4) is 5.75 Å². The molecule has 2 amide bonds. The van der Waals surface area contributed by atoms with Crippen molar-refractivity contribution in [1.82, 2.24) is 15.2 Å². The maximum absolute atomic E-state index is 13.9. The fraction of sp³-hybridized carbons (Fsp3) is 0.195. The summed E-state index contributed by atoms with van der Waals surface area (Å²) >= 11 is 7.21. The van der Waals surface area contributed by atoms with Gasteiger partial charge in [-0.25, -0.2) is 9.78 Å². The summed E-state index contributed by atoms with van der Waals surface area (Å²) in [5.41, 5.74) is 3.12. The average molecular weight is 792 g/mol. The fourth-order valence-corrected chi connectivity index (χ4v) is 8.83. The Hall–Kier alpha value is -5.57. The predicted molar refractivity (Wildman–Crippen MR) is 217 cm³/mol. The van der Waals surface area contributed by atoms with E-state index in [2.05, 4.69) is 64.8 Å². The molecule has 0 radical (unpaired) electrons. The maximum Gasteiger partial charge on any atom is 0.356 e. The second-order valence-corrected chi connectivity index (χ2v) is 15.0. The molecule has 1 saturated heterocycles. The van der Waals surface area contributed by atoms with Gasteiger partial charge in [-0.15, -0.1) is 35.7 Å². The number of β-lactam (4-membered cyclic amide) rings is 1. The number of thiol groups is 1. The standard InChI is InChI=1S/C41H37N5O6S3/c1-3-52-45-33(36(47)43-34-37(48)46-35(32(53)25-54-38(34)46)39(49)51-23-26-19-21-30(50-2)22-20-26)31-24-55-40(42-31)44-41(27-13-7-4-8-14-27,28-15-9-5-10-16-28)29-17-11-6-12-18-29/h4-22,24,34,38,53H,3,23,25H2,1-2H3,(H,42,44)(H,43,47)/b45-33-/t34-,38-/m1/s1. The number of hydrogen-bond donors (Lipinski definition) is 3. The first-order valence-corrected chi connectivity index (χ1v) is 19.8. The number of thioether (sulfide) groups is 1. The lowest BCUT2D eigenvalue weighted by Crippen LogP contribution is -2.71. The minimum atomic E-state index is -0.937. The number of benzene rings is 4. The quantitative estimate of drug-likeness (QED) is 0.0285. The summed E-state index contributed by atoms with van der Waals surface area (Å²) in [7, 11) is 1.57. The van der Waals surface area contributed by atoms with E-state index in [1.807, 2.05) is 54.6 Å². The number of oxime groups is 1. The van der Waals surface area contributed by atoms with Gasteiger partial charge >= 0.3 is 5.97 Å². The topological polar surface area (TPSA) is 131 Å². The zero-order chi connectivity index (χ0) is 38.4. The number of thiazole rings is 1. The molecule has 1 fully saturated rings. The number of nitrogens with zero attached hydrogens (tertiary/aromatic N) is 3. The Labute approximate surface area is 332 Å². The van der Waals surface area contributed by atoms with Gasteiger partial charge in [-0.3, -0.25) is 14.5 Å². The average Bonchev–Trinajstić information content (AvgIpc) is 3.70. The number of fused-ring (bicyclic) bond motifs is 1. The number of amides is 2. The van der Waals surface area contributed by atoms with Crippen LogP contribution in [0.5, 0.6) is 5.75 Å². The lowest BCUT2D eigenvalue weighted by atomic mass is 9.77. The molecule has 5 aromatic rings. The molecule has 7 rings (SSSR count). The molecule has 14 heteroatoms. The summed E-state index contributed by atoms with van der Waals surface area (Å²) in [4.78, 5) is 52.8. The van der Waals surface area contributed by atoms with Gasteiger partial charge in [-0.05, 0) is 41.3 Å². The molecule has 2 aliphatic heterocycles. The zero-order valence-corrected chi connectivity index (χ0v) is 32.4. The Morgan fingerprint density at radius 2 is 1.53 bits per heavy atom. The summed E-state index contributed by atoms with van der Waals surface area (Å²) in [6, 6.07) is 36.5. The van der Waals surface area contributed by atoms with Gasteiger partial charge < -0.3 is 24.9 Å². The molecule has 2 N–H and O–H groups in total. The lowest BCUT2D eigenvalue weighted by Gasteiger charge is -2.49. The molecule has 4 aromatic carbocycles. The first-order chi connectivity index (χ1) is 26.8. The van der Waals surface area contributed by atoms with E-state index in [4.69, 9.17) is 19.3 Å². The summed E-state index contributed by atoms with van der Waals surface area (Å²) in [6.07, 6.45) is 0. The molecule has 3 heterocycles. The van der Waals surface area contributed by atoms with E-state index in [1.54, 1.807) is 43.7 Å².